The molecule has 1 aliphatic heterocycles. The first kappa shape index (κ1) is 20.7. The number of anilines is 1. The van der Waals surface area contributed by atoms with Gasteiger partial charge >= 0.3 is 11.9 Å². The van der Waals surface area contributed by atoms with Crippen LogP contribution in [0.15, 0.2) is 24.3 Å². The smallest absolute Gasteiger partial charge is 0.323 e. The number of carbonyl (C=O) groups is 3. The van der Waals surface area contributed by atoms with Crippen LogP contribution >= 0.6 is 0 Å². The molecule has 0 bridgehead atoms. The highest BCUT2D eigenvalue weighted by Gasteiger charge is 2.35. The minimum absolute atomic E-state index is 0.0372. The normalized spacial score (nSPS) is 17.5. The third-order valence-corrected chi connectivity index (χ3v) is 4.09. The fourth-order valence-electron chi connectivity index (χ4n) is 2.85. The van der Waals surface area contributed by atoms with Gasteiger partial charge in [0.2, 0.25) is 5.91 Å². The van der Waals surface area contributed by atoms with E-state index in [2.05, 4.69) is 5.32 Å². The number of carbonyl (C=O) groups excluding carboxylic acids is 2. The number of amides is 1. The summed E-state index contributed by atoms with van der Waals surface area (Å²) in [6.07, 6.45) is 0.961. The predicted molar refractivity (Wildman–Crippen MR) is 97.6 cm³/mol. The van der Waals surface area contributed by atoms with E-state index in [0.717, 1.165) is 4.90 Å². The average molecular weight is 379 g/mol. The fourth-order valence-corrected chi connectivity index (χ4v) is 2.85. The largest absolute Gasteiger partial charge is 0.489 e. The third kappa shape index (κ3) is 5.41. The zero-order valence-corrected chi connectivity index (χ0v) is 15.2. The second kappa shape index (κ2) is 9.89. The van der Waals surface area contributed by atoms with Gasteiger partial charge in [-0.15, -0.1) is 0 Å². The van der Waals surface area contributed by atoms with Crippen LogP contribution in [0.2, 0.25) is 0 Å². The molecule has 0 radical (unpaired) electrons. The molecule has 1 aliphatic rings. The van der Waals surface area contributed by atoms with Crippen molar-refractivity contribution in [2.45, 2.75) is 31.8 Å². The molecule has 1 aromatic carbocycles. The lowest BCUT2D eigenvalue weighted by Gasteiger charge is -2.26. The van der Waals surface area contributed by atoms with E-state index in [9.17, 15) is 19.5 Å². The van der Waals surface area contributed by atoms with Gasteiger partial charge in [-0.1, -0.05) is 12.1 Å². The molecule has 9 heteroatoms. The van der Waals surface area contributed by atoms with Crippen LogP contribution in [-0.2, 0) is 19.1 Å². The lowest BCUT2D eigenvalue weighted by Crippen LogP contribution is -2.54. The maximum absolute atomic E-state index is 13.0. The molecular formula is C18H25N3O6. The molecule has 0 saturated carbocycles. The van der Waals surface area contributed by atoms with Gasteiger partial charge in [0.25, 0.3) is 0 Å². The summed E-state index contributed by atoms with van der Waals surface area (Å²) in [5.74, 6) is -1.70. The van der Waals surface area contributed by atoms with Gasteiger partial charge in [0.1, 0.15) is 31.0 Å². The number of carboxylic acid groups (broad SMARTS) is 1. The molecule has 0 aliphatic carbocycles. The van der Waals surface area contributed by atoms with Crippen LogP contribution in [0.5, 0.6) is 5.75 Å². The van der Waals surface area contributed by atoms with E-state index in [0.29, 0.717) is 30.8 Å². The number of para-hydroxylation sites is 2. The highest BCUT2D eigenvalue weighted by atomic mass is 16.5. The lowest BCUT2D eigenvalue weighted by molar-refractivity contribution is -0.146. The fraction of sp³-hybridized carbons (Fsp3) is 0.500. The number of nitrogens with two attached hydrogens (primary N) is 1. The van der Waals surface area contributed by atoms with Gasteiger partial charge in [0, 0.05) is 0 Å². The van der Waals surface area contributed by atoms with Crippen LogP contribution in [0.4, 0.5) is 5.69 Å². The van der Waals surface area contributed by atoms with E-state index < -0.39 is 36.5 Å². The van der Waals surface area contributed by atoms with Crippen molar-refractivity contribution in [1.82, 2.24) is 5.32 Å². The maximum atomic E-state index is 13.0. The van der Waals surface area contributed by atoms with Crippen molar-refractivity contribution >= 4 is 23.5 Å². The van der Waals surface area contributed by atoms with Gasteiger partial charge in [0.15, 0.2) is 0 Å². The minimum atomic E-state index is -1.15. The van der Waals surface area contributed by atoms with E-state index in [1.54, 1.807) is 31.2 Å². The highest BCUT2D eigenvalue weighted by molar-refractivity contribution is 6.02. The van der Waals surface area contributed by atoms with Crippen molar-refractivity contribution in [3.05, 3.63) is 24.3 Å². The number of ether oxygens (including phenoxy) is 2. The van der Waals surface area contributed by atoms with E-state index in [4.69, 9.17) is 15.2 Å². The van der Waals surface area contributed by atoms with Crippen LogP contribution in [0.25, 0.3) is 0 Å². The highest BCUT2D eigenvalue weighted by Crippen LogP contribution is 2.31. The molecule has 0 saturated heterocycles. The molecule has 148 valence electrons. The lowest BCUT2D eigenvalue weighted by atomic mass is 10.1. The van der Waals surface area contributed by atoms with E-state index in [-0.39, 0.29) is 13.2 Å². The first-order valence-electron chi connectivity index (χ1n) is 8.85. The second-order valence-electron chi connectivity index (χ2n) is 6.05. The SMILES string of the molecule is CCOC(=O)C(CCCN)N[C@H]1COc2ccccc2N(CC(=O)O)C1=O. The molecule has 1 aromatic rings. The summed E-state index contributed by atoms with van der Waals surface area (Å²) in [5, 5.41) is 12.2. The first-order valence-corrected chi connectivity index (χ1v) is 8.85. The van der Waals surface area contributed by atoms with Crippen LogP contribution in [0, 0.1) is 0 Å². The summed E-state index contributed by atoms with van der Waals surface area (Å²) >= 11 is 0. The Morgan fingerprint density at radius 3 is 2.85 bits per heavy atom. The minimum Gasteiger partial charge on any atom is -0.489 e. The average Bonchev–Trinajstić information content (AvgIpc) is 2.77. The number of aliphatic carboxylic acids is 1. The number of hydrogen-bond acceptors (Lipinski definition) is 7. The van der Waals surface area contributed by atoms with Crippen LogP contribution in [0.3, 0.4) is 0 Å². The molecule has 1 heterocycles. The Bertz CT molecular complexity index is 681. The number of benzene rings is 1. The van der Waals surface area contributed by atoms with Crippen molar-refractivity contribution < 1.29 is 29.0 Å². The van der Waals surface area contributed by atoms with Crippen molar-refractivity contribution in [3.63, 3.8) is 0 Å². The summed E-state index contributed by atoms with van der Waals surface area (Å²) < 4.78 is 10.8. The molecule has 9 nitrogen and oxygen atoms in total. The van der Waals surface area contributed by atoms with Crippen LogP contribution in [-0.4, -0.2) is 61.3 Å². The van der Waals surface area contributed by atoms with Gasteiger partial charge in [-0.3, -0.25) is 24.6 Å². The molecule has 0 fully saturated rings. The van der Waals surface area contributed by atoms with E-state index >= 15 is 0 Å². The molecule has 2 atom stereocenters. The van der Waals surface area contributed by atoms with Crippen molar-refractivity contribution in [3.8, 4) is 5.75 Å². The molecule has 0 aromatic heterocycles. The Balaban J connectivity index is 2.24. The Kier molecular flexibility index (Phi) is 7.56. The van der Waals surface area contributed by atoms with Crippen molar-refractivity contribution in [2.75, 3.05) is 31.2 Å². The number of nitrogens with one attached hydrogen (secondary N) is 1. The number of fused-ring (bicyclic) bond motifs is 1. The summed E-state index contributed by atoms with van der Waals surface area (Å²) in [7, 11) is 0. The van der Waals surface area contributed by atoms with Gasteiger partial charge in [0.05, 0.1) is 12.3 Å². The molecule has 4 N–H and O–H groups in total. The molecule has 1 unspecified atom stereocenters. The number of hydrogen-bond donors (Lipinski definition) is 3. The number of rotatable bonds is 9. The van der Waals surface area contributed by atoms with E-state index in [1.807, 2.05) is 0 Å². The molecule has 2 rings (SSSR count). The first-order chi connectivity index (χ1) is 13.0. The number of carboxylic acids is 1. The summed E-state index contributed by atoms with van der Waals surface area (Å²) in [6, 6.07) is 5.08. The van der Waals surface area contributed by atoms with Crippen molar-refractivity contribution in [2.24, 2.45) is 5.73 Å². The molecular weight excluding hydrogens is 354 g/mol. The molecule has 1 amide bonds. The van der Waals surface area contributed by atoms with Gasteiger partial charge < -0.3 is 20.3 Å². The Morgan fingerprint density at radius 1 is 1.44 bits per heavy atom. The summed E-state index contributed by atoms with van der Waals surface area (Å²) in [6.45, 7) is 1.76. The zero-order chi connectivity index (χ0) is 19.8. The summed E-state index contributed by atoms with van der Waals surface area (Å²) in [5.41, 5.74) is 5.90. The van der Waals surface area contributed by atoms with Crippen molar-refractivity contribution in [1.29, 1.82) is 0 Å². The van der Waals surface area contributed by atoms with E-state index in [1.165, 1.54) is 0 Å². The molecule has 27 heavy (non-hydrogen) atoms. The van der Waals surface area contributed by atoms with Gasteiger partial charge in [-0.2, -0.15) is 0 Å². The maximum Gasteiger partial charge on any atom is 0.323 e. The molecule has 0 spiro atoms. The predicted octanol–water partition coefficient (Wildman–Crippen LogP) is 0.125. The van der Waals surface area contributed by atoms with Gasteiger partial charge in [-0.25, -0.2) is 0 Å². The second-order valence-corrected chi connectivity index (χ2v) is 6.05. The van der Waals surface area contributed by atoms with Crippen LogP contribution in [0.1, 0.15) is 19.8 Å². The zero-order valence-electron chi connectivity index (χ0n) is 15.2. The quantitative estimate of drug-likeness (QED) is 0.516. The number of nitrogens with zero attached hydrogens (tertiary/aromatic N) is 1. The number of esters is 1. The standard InChI is InChI=1S/C18H25N3O6/c1-2-26-18(25)12(6-5-9-19)20-13-11-27-15-8-4-3-7-14(15)21(17(13)24)10-16(22)23/h3-4,7-8,12-13,20H,2,5-6,9-11,19H2,1H3,(H,22,23)/t12?,13-/m0/s1. The third-order valence-electron chi connectivity index (χ3n) is 4.09. The summed E-state index contributed by atoms with van der Waals surface area (Å²) in [4.78, 5) is 37.6. The van der Waals surface area contributed by atoms with Gasteiger partial charge in [-0.05, 0) is 38.4 Å². The Morgan fingerprint density at radius 2 is 2.19 bits per heavy atom. The van der Waals surface area contributed by atoms with Crippen LogP contribution < -0.4 is 20.7 Å². The Labute approximate surface area is 157 Å². The topological polar surface area (TPSA) is 131 Å². The monoisotopic (exact) mass is 379 g/mol. The Hall–Kier alpha value is -2.65.